The number of ether oxygens (including phenoxy) is 2. The Morgan fingerprint density at radius 2 is 2.00 bits per heavy atom. The Balaban J connectivity index is 1.93. The van der Waals surface area contributed by atoms with E-state index in [1.807, 2.05) is 6.07 Å². The molecule has 0 aromatic heterocycles. The molecule has 0 aliphatic carbocycles. The first-order valence-electron chi connectivity index (χ1n) is 7.04. The summed E-state index contributed by atoms with van der Waals surface area (Å²) in [6.45, 7) is -0.405. The van der Waals surface area contributed by atoms with Crippen LogP contribution in [0.4, 0.5) is 0 Å². The van der Waals surface area contributed by atoms with Gasteiger partial charge in [-0.25, -0.2) is 4.79 Å². The zero-order chi connectivity index (χ0) is 16.1. The summed E-state index contributed by atoms with van der Waals surface area (Å²) >= 11 is 0. The third-order valence-electron chi connectivity index (χ3n) is 3.57. The van der Waals surface area contributed by atoms with E-state index in [-0.39, 0.29) is 19.6 Å². The fourth-order valence-corrected chi connectivity index (χ4v) is 2.31. The average Bonchev–Trinajstić information content (AvgIpc) is 2.55. The van der Waals surface area contributed by atoms with Crippen molar-refractivity contribution in [3.63, 3.8) is 0 Å². The number of esters is 1. The predicted octanol–water partition coefficient (Wildman–Crippen LogP) is -1.04. The van der Waals surface area contributed by atoms with Crippen LogP contribution in [0.5, 0.6) is 0 Å². The third-order valence-corrected chi connectivity index (χ3v) is 3.57. The molecular weight excluding hydrogens is 292 g/mol. The number of hydrogen-bond acceptors (Lipinski definition) is 7. The summed E-state index contributed by atoms with van der Waals surface area (Å²) in [6, 6.07) is 8.92. The molecule has 0 bridgehead atoms. The molecule has 5 atom stereocenters. The van der Waals surface area contributed by atoms with Gasteiger partial charge in [0.1, 0.15) is 18.8 Å². The largest absolute Gasteiger partial charge is 0.459 e. The van der Waals surface area contributed by atoms with E-state index in [4.69, 9.17) is 14.6 Å². The van der Waals surface area contributed by atoms with Gasteiger partial charge in [-0.15, -0.1) is 0 Å². The quantitative estimate of drug-likeness (QED) is 0.513. The topological polar surface area (TPSA) is 116 Å². The van der Waals surface area contributed by atoms with Gasteiger partial charge in [0.2, 0.25) is 0 Å². The number of benzene rings is 1. The maximum Gasteiger partial charge on any atom is 0.338 e. The molecule has 2 rings (SSSR count). The molecule has 1 aromatic rings. The second-order valence-electron chi connectivity index (χ2n) is 5.24. The van der Waals surface area contributed by atoms with Gasteiger partial charge in [0.05, 0.1) is 18.8 Å². The van der Waals surface area contributed by atoms with E-state index >= 15 is 0 Å². The smallest absolute Gasteiger partial charge is 0.338 e. The molecule has 2 unspecified atom stereocenters. The number of carbonyl (C=O) groups is 1. The lowest BCUT2D eigenvalue weighted by Gasteiger charge is -2.37. The van der Waals surface area contributed by atoms with Crippen LogP contribution in [-0.4, -0.2) is 63.5 Å². The fourth-order valence-electron chi connectivity index (χ4n) is 2.31. The molecule has 1 aliphatic heterocycles. The SMILES string of the molecule is O=C(OCc1ccccc1)C(O)C1O[C@H](CO)C[C@H](O)[C@H]1O. The number of aliphatic hydroxyl groups excluding tert-OH is 4. The number of carbonyl (C=O) groups excluding carboxylic acids is 1. The molecule has 122 valence electrons. The minimum Gasteiger partial charge on any atom is -0.459 e. The van der Waals surface area contributed by atoms with Crippen molar-refractivity contribution in [3.8, 4) is 0 Å². The molecule has 4 N–H and O–H groups in total. The van der Waals surface area contributed by atoms with E-state index in [1.54, 1.807) is 24.3 Å². The Bertz CT molecular complexity index is 478. The number of aliphatic hydroxyl groups is 4. The molecule has 22 heavy (non-hydrogen) atoms. The predicted molar refractivity (Wildman–Crippen MR) is 74.6 cm³/mol. The van der Waals surface area contributed by atoms with Crippen molar-refractivity contribution >= 4 is 5.97 Å². The third kappa shape index (κ3) is 4.02. The van der Waals surface area contributed by atoms with Crippen molar-refractivity contribution in [1.82, 2.24) is 0 Å². The standard InChI is InChI=1S/C15H20O7/c16-7-10-6-11(17)12(18)14(22-10)13(19)15(20)21-8-9-4-2-1-3-5-9/h1-5,10-14,16-19H,6-8H2/t10-,11-,12+,13?,14?/m0/s1. The summed E-state index contributed by atoms with van der Waals surface area (Å²) < 4.78 is 10.2. The summed E-state index contributed by atoms with van der Waals surface area (Å²) in [5.41, 5.74) is 0.751. The van der Waals surface area contributed by atoms with Crippen LogP contribution in [0.3, 0.4) is 0 Å². The summed E-state index contributed by atoms with van der Waals surface area (Å²) in [5, 5.41) is 38.6. The van der Waals surface area contributed by atoms with Gasteiger partial charge < -0.3 is 29.9 Å². The minimum absolute atomic E-state index is 0.0223. The zero-order valence-corrected chi connectivity index (χ0v) is 11.9. The highest BCUT2D eigenvalue weighted by Crippen LogP contribution is 2.23. The molecule has 1 heterocycles. The van der Waals surface area contributed by atoms with Gasteiger partial charge in [-0.05, 0) is 5.56 Å². The maximum absolute atomic E-state index is 11.9. The van der Waals surface area contributed by atoms with Crippen LogP contribution in [-0.2, 0) is 20.9 Å². The van der Waals surface area contributed by atoms with Crippen LogP contribution in [0, 0.1) is 0 Å². The van der Waals surface area contributed by atoms with E-state index in [0.29, 0.717) is 0 Å². The van der Waals surface area contributed by atoms with Crippen molar-refractivity contribution in [2.24, 2.45) is 0 Å². The monoisotopic (exact) mass is 312 g/mol. The molecule has 7 nitrogen and oxygen atoms in total. The average molecular weight is 312 g/mol. The molecule has 1 fully saturated rings. The van der Waals surface area contributed by atoms with E-state index in [0.717, 1.165) is 5.56 Å². The van der Waals surface area contributed by atoms with E-state index in [1.165, 1.54) is 0 Å². The Kier molecular flexibility index (Phi) is 5.87. The van der Waals surface area contributed by atoms with Gasteiger partial charge in [-0.1, -0.05) is 30.3 Å². The Morgan fingerprint density at radius 1 is 1.32 bits per heavy atom. The molecule has 0 amide bonds. The molecule has 1 aromatic carbocycles. The van der Waals surface area contributed by atoms with E-state index in [2.05, 4.69) is 0 Å². The lowest BCUT2D eigenvalue weighted by molar-refractivity contribution is -0.214. The highest BCUT2D eigenvalue weighted by molar-refractivity contribution is 5.75. The van der Waals surface area contributed by atoms with E-state index < -0.39 is 36.5 Å². The lowest BCUT2D eigenvalue weighted by atomic mass is 9.95. The second-order valence-corrected chi connectivity index (χ2v) is 5.24. The van der Waals surface area contributed by atoms with Gasteiger partial charge >= 0.3 is 5.97 Å². The number of rotatable bonds is 5. The molecule has 0 spiro atoms. The maximum atomic E-state index is 11.9. The zero-order valence-electron chi connectivity index (χ0n) is 11.9. The Morgan fingerprint density at radius 3 is 2.64 bits per heavy atom. The fraction of sp³-hybridized carbons (Fsp3) is 0.533. The molecule has 1 aliphatic rings. The van der Waals surface area contributed by atoms with Crippen LogP contribution in [0.15, 0.2) is 30.3 Å². The van der Waals surface area contributed by atoms with Gasteiger partial charge in [0, 0.05) is 6.42 Å². The van der Waals surface area contributed by atoms with Crippen molar-refractivity contribution in [3.05, 3.63) is 35.9 Å². The Labute approximate surface area is 127 Å². The molecule has 7 heteroatoms. The first-order chi connectivity index (χ1) is 10.5. The molecule has 1 saturated heterocycles. The Hall–Kier alpha value is -1.51. The van der Waals surface area contributed by atoms with Crippen molar-refractivity contribution in [2.75, 3.05) is 6.61 Å². The summed E-state index contributed by atoms with van der Waals surface area (Å²) in [7, 11) is 0. The first-order valence-corrected chi connectivity index (χ1v) is 7.04. The van der Waals surface area contributed by atoms with Gasteiger partial charge in [0.15, 0.2) is 6.10 Å². The second kappa shape index (κ2) is 7.66. The summed E-state index contributed by atoms with van der Waals surface area (Å²) in [6.07, 6.45) is -6.43. The normalized spacial score (nSPS) is 29.8. The first kappa shape index (κ1) is 16.9. The molecule has 0 saturated carbocycles. The van der Waals surface area contributed by atoms with Gasteiger partial charge in [-0.3, -0.25) is 0 Å². The highest BCUT2D eigenvalue weighted by atomic mass is 16.6. The van der Waals surface area contributed by atoms with Crippen LogP contribution in [0.2, 0.25) is 0 Å². The van der Waals surface area contributed by atoms with Gasteiger partial charge in [-0.2, -0.15) is 0 Å². The highest BCUT2D eigenvalue weighted by Gasteiger charge is 2.43. The van der Waals surface area contributed by atoms with Crippen molar-refractivity contribution in [2.45, 2.75) is 43.5 Å². The molecular formula is C15H20O7. The van der Waals surface area contributed by atoms with Crippen molar-refractivity contribution < 1.29 is 34.7 Å². The van der Waals surface area contributed by atoms with Crippen LogP contribution < -0.4 is 0 Å². The molecule has 0 radical (unpaired) electrons. The van der Waals surface area contributed by atoms with Crippen LogP contribution in [0.25, 0.3) is 0 Å². The minimum atomic E-state index is -1.75. The number of hydrogen-bond donors (Lipinski definition) is 4. The summed E-state index contributed by atoms with van der Waals surface area (Å²) in [5.74, 6) is -0.960. The van der Waals surface area contributed by atoms with Gasteiger partial charge in [0.25, 0.3) is 0 Å². The summed E-state index contributed by atoms with van der Waals surface area (Å²) in [4.78, 5) is 11.9. The lowest BCUT2D eigenvalue weighted by Crippen LogP contribution is -2.56. The van der Waals surface area contributed by atoms with E-state index in [9.17, 15) is 20.1 Å². The van der Waals surface area contributed by atoms with Crippen molar-refractivity contribution in [1.29, 1.82) is 0 Å². The van der Waals surface area contributed by atoms with Crippen LogP contribution >= 0.6 is 0 Å². The van der Waals surface area contributed by atoms with Crippen LogP contribution in [0.1, 0.15) is 12.0 Å².